The summed E-state index contributed by atoms with van der Waals surface area (Å²) in [7, 11) is -2.35. The lowest BCUT2D eigenvalue weighted by molar-refractivity contribution is 0.101. The van der Waals surface area contributed by atoms with Crippen molar-refractivity contribution in [3.8, 4) is 6.07 Å². The van der Waals surface area contributed by atoms with Gasteiger partial charge in [0.05, 0.1) is 11.7 Å². The van der Waals surface area contributed by atoms with Gasteiger partial charge in [-0.1, -0.05) is 0 Å². The van der Waals surface area contributed by atoms with Crippen LogP contribution in [0.25, 0.3) is 0 Å². The second kappa shape index (κ2) is 7.35. The Labute approximate surface area is 161 Å². The smallest absolute Gasteiger partial charge is 0.272 e. The number of nitrogens with zero attached hydrogens (tertiary/aromatic N) is 2. The van der Waals surface area contributed by atoms with Gasteiger partial charge in [-0.3, -0.25) is 4.79 Å². The zero-order chi connectivity index (χ0) is 20.6. The third-order valence-electron chi connectivity index (χ3n) is 4.69. The number of nitrogens with one attached hydrogen (secondary N) is 2. The molecule has 0 aliphatic carbocycles. The molecule has 1 aliphatic rings. The van der Waals surface area contributed by atoms with Gasteiger partial charge in [-0.2, -0.15) is 5.26 Å². The van der Waals surface area contributed by atoms with E-state index < -0.39 is 33.9 Å². The van der Waals surface area contributed by atoms with Gasteiger partial charge in [-0.05, 0) is 38.0 Å². The first kappa shape index (κ1) is 20.0. The largest absolute Gasteiger partial charge is 0.392 e. The lowest BCUT2D eigenvalue weighted by Gasteiger charge is -2.18. The molecule has 1 unspecified atom stereocenters. The van der Waals surface area contributed by atoms with Crippen LogP contribution in [0.15, 0.2) is 29.3 Å². The zero-order valence-electron chi connectivity index (χ0n) is 15.2. The first-order valence-electron chi connectivity index (χ1n) is 8.53. The monoisotopic (exact) mass is 406 g/mol. The molecule has 0 fully saturated rings. The standard InChI is InChI=1S/C18H19FN4O4S/c1-10(24)15-6-4-13-16(28(26,27)22-15)9-23(2)17(13)18(25)21-12-3-5-14(19)11(7-12)8-20/h3,5,7,9-10,15,22,24H,4,6H2,1-2H3,(H,21,25)/t10?,15-/m1/s1. The molecule has 0 bridgehead atoms. The summed E-state index contributed by atoms with van der Waals surface area (Å²) in [6.45, 7) is 1.50. The number of halogens is 1. The van der Waals surface area contributed by atoms with Crippen LogP contribution in [0.2, 0.25) is 0 Å². The van der Waals surface area contributed by atoms with Crippen LogP contribution < -0.4 is 10.0 Å². The average molecular weight is 406 g/mol. The van der Waals surface area contributed by atoms with Crippen molar-refractivity contribution in [2.75, 3.05) is 5.32 Å². The van der Waals surface area contributed by atoms with Crippen molar-refractivity contribution < 1.29 is 22.7 Å². The number of carbonyl (C=O) groups excluding carboxylic acids is 1. The topological polar surface area (TPSA) is 124 Å². The van der Waals surface area contributed by atoms with Gasteiger partial charge in [0, 0.05) is 30.5 Å². The van der Waals surface area contributed by atoms with Crippen molar-refractivity contribution in [2.24, 2.45) is 7.05 Å². The van der Waals surface area contributed by atoms with E-state index in [4.69, 9.17) is 5.26 Å². The van der Waals surface area contributed by atoms with Gasteiger partial charge in [0.2, 0.25) is 10.0 Å². The maximum atomic E-state index is 13.5. The van der Waals surface area contributed by atoms with Crippen molar-refractivity contribution >= 4 is 21.6 Å². The van der Waals surface area contributed by atoms with Crippen molar-refractivity contribution in [1.82, 2.24) is 9.29 Å². The van der Waals surface area contributed by atoms with E-state index >= 15 is 0 Å². The molecular formula is C18H19FN4O4S. The van der Waals surface area contributed by atoms with E-state index in [1.165, 1.54) is 29.8 Å². The number of rotatable bonds is 3. The van der Waals surface area contributed by atoms with E-state index in [2.05, 4.69) is 10.0 Å². The van der Waals surface area contributed by atoms with Crippen LogP contribution in [0.1, 0.15) is 35.0 Å². The molecule has 1 aliphatic heterocycles. The fraction of sp³-hybridized carbons (Fsp3) is 0.333. The third-order valence-corrected chi connectivity index (χ3v) is 6.23. The Morgan fingerprint density at radius 1 is 1.50 bits per heavy atom. The van der Waals surface area contributed by atoms with Gasteiger partial charge in [0.1, 0.15) is 22.5 Å². The normalized spacial score (nSPS) is 19.2. The molecule has 1 amide bonds. The molecule has 0 saturated carbocycles. The van der Waals surface area contributed by atoms with Crippen LogP contribution in [-0.4, -0.2) is 36.1 Å². The number of sulfonamides is 1. The number of aryl methyl sites for hydroxylation is 1. The first-order valence-corrected chi connectivity index (χ1v) is 10.0. The van der Waals surface area contributed by atoms with Gasteiger partial charge in [-0.25, -0.2) is 17.5 Å². The van der Waals surface area contributed by atoms with Gasteiger partial charge < -0.3 is 15.0 Å². The number of benzene rings is 1. The lowest BCUT2D eigenvalue weighted by Crippen LogP contribution is -2.40. The van der Waals surface area contributed by atoms with Gasteiger partial charge in [0.25, 0.3) is 5.91 Å². The molecule has 2 aromatic rings. The number of aromatic nitrogens is 1. The number of anilines is 1. The first-order chi connectivity index (χ1) is 13.1. The summed E-state index contributed by atoms with van der Waals surface area (Å²) < 4.78 is 42.6. The Balaban J connectivity index is 1.98. The minimum Gasteiger partial charge on any atom is -0.392 e. The number of amides is 1. The molecule has 28 heavy (non-hydrogen) atoms. The minimum atomic E-state index is -3.90. The van der Waals surface area contributed by atoms with Crippen molar-refractivity contribution in [2.45, 2.75) is 36.8 Å². The van der Waals surface area contributed by atoms with Crippen molar-refractivity contribution in [3.63, 3.8) is 0 Å². The quantitative estimate of drug-likeness (QED) is 0.708. The highest BCUT2D eigenvalue weighted by atomic mass is 32.2. The van der Waals surface area contributed by atoms with Crippen LogP contribution in [-0.2, 0) is 23.5 Å². The number of aliphatic hydroxyl groups is 1. The molecule has 1 aromatic heterocycles. The number of aliphatic hydroxyl groups excluding tert-OH is 1. The van der Waals surface area contributed by atoms with Crippen LogP contribution in [0.4, 0.5) is 10.1 Å². The molecule has 1 aromatic carbocycles. The summed E-state index contributed by atoms with van der Waals surface area (Å²) >= 11 is 0. The molecule has 0 saturated heterocycles. The van der Waals surface area contributed by atoms with E-state index in [9.17, 15) is 22.7 Å². The second-order valence-corrected chi connectivity index (χ2v) is 8.38. The van der Waals surface area contributed by atoms with Crippen molar-refractivity contribution in [1.29, 1.82) is 5.26 Å². The number of hydrogen-bond donors (Lipinski definition) is 3. The molecule has 10 heteroatoms. The summed E-state index contributed by atoms with van der Waals surface area (Å²) in [5, 5.41) is 21.3. The SMILES string of the molecule is CC(O)[C@H]1CCc2c(cn(C)c2C(=O)Nc2ccc(F)c(C#N)c2)S(=O)(=O)N1. The summed E-state index contributed by atoms with van der Waals surface area (Å²) in [6.07, 6.45) is 1.06. The molecular weight excluding hydrogens is 387 g/mol. The van der Waals surface area contributed by atoms with E-state index in [1.807, 2.05) is 0 Å². The number of nitriles is 1. The second-order valence-electron chi connectivity index (χ2n) is 6.70. The Bertz CT molecular complexity index is 1090. The summed E-state index contributed by atoms with van der Waals surface area (Å²) in [5.41, 5.74) is 0.497. The highest BCUT2D eigenvalue weighted by molar-refractivity contribution is 7.89. The maximum Gasteiger partial charge on any atom is 0.272 e. The number of hydrogen-bond acceptors (Lipinski definition) is 5. The number of carbonyl (C=O) groups is 1. The minimum absolute atomic E-state index is 0.0138. The molecule has 3 N–H and O–H groups in total. The third kappa shape index (κ3) is 3.64. The van der Waals surface area contributed by atoms with E-state index in [-0.39, 0.29) is 28.3 Å². The molecule has 0 spiro atoms. The van der Waals surface area contributed by atoms with Crippen LogP contribution in [0.3, 0.4) is 0 Å². The highest BCUT2D eigenvalue weighted by Crippen LogP contribution is 2.28. The van der Waals surface area contributed by atoms with Gasteiger partial charge in [0.15, 0.2) is 0 Å². The summed E-state index contributed by atoms with van der Waals surface area (Å²) in [4.78, 5) is 12.8. The predicted molar refractivity (Wildman–Crippen MR) is 98.6 cm³/mol. The van der Waals surface area contributed by atoms with E-state index in [0.717, 1.165) is 6.07 Å². The highest BCUT2D eigenvalue weighted by Gasteiger charge is 2.34. The average Bonchev–Trinajstić information content (AvgIpc) is 2.90. The van der Waals surface area contributed by atoms with Gasteiger partial charge in [-0.15, -0.1) is 0 Å². The number of fused-ring (bicyclic) bond motifs is 1. The van der Waals surface area contributed by atoms with Crippen LogP contribution in [0.5, 0.6) is 0 Å². The molecule has 2 heterocycles. The Kier molecular flexibility index (Phi) is 5.25. The summed E-state index contributed by atoms with van der Waals surface area (Å²) in [5.74, 6) is -1.28. The van der Waals surface area contributed by atoms with Crippen molar-refractivity contribution in [3.05, 3.63) is 47.0 Å². The van der Waals surface area contributed by atoms with E-state index in [0.29, 0.717) is 12.0 Å². The Morgan fingerprint density at radius 3 is 2.86 bits per heavy atom. The van der Waals surface area contributed by atoms with Crippen LogP contribution >= 0.6 is 0 Å². The molecule has 3 rings (SSSR count). The van der Waals surface area contributed by atoms with Gasteiger partial charge >= 0.3 is 0 Å². The maximum absolute atomic E-state index is 13.5. The van der Waals surface area contributed by atoms with Crippen LogP contribution in [0, 0.1) is 17.1 Å². The fourth-order valence-corrected chi connectivity index (χ4v) is 4.92. The lowest BCUT2D eigenvalue weighted by atomic mass is 10.0. The fourth-order valence-electron chi connectivity index (χ4n) is 3.26. The molecule has 2 atom stereocenters. The summed E-state index contributed by atoms with van der Waals surface area (Å²) in [6, 6.07) is 4.63. The Morgan fingerprint density at radius 2 is 2.21 bits per heavy atom. The zero-order valence-corrected chi connectivity index (χ0v) is 16.0. The Hall–Kier alpha value is -2.74. The molecule has 0 radical (unpaired) electrons. The molecule has 8 nitrogen and oxygen atoms in total. The van der Waals surface area contributed by atoms with E-state index in [1.54, 1.807) is 13.1 Å². The molecule has 148 valence electrons. The predicted octanol–water partition coefficient (Wildman–Crippen LogP) is 1.26.